The molecule has 0 atom stereocenters. The Morgan fingerprint density at radius 3 is 2.39 bits per heavy atom. The summed E-state index contributed by atoms with van der Waals surface area (Å²) in [4.78, 5) is 9.26. The predicted octanol–water partition coefficient (Wildman–Crippen LogP) is 5.45. The zero-order valence-corrected chi connectivity index (χ0v) is 15.9. The van der Waals surface area contributed by atoms with Crippen molar-refractivity contribution in [1.29, 1.82) is 0 Å². The Hall–Kier alpha value is -3.38. The molecule has 0 amide bonds. The summed E-state index contributed by atoms with van der Waals surface area (Å²) in [5, 5.41) is 11.2. The number of nitrogens with one attached hydrogen (secondary N) is 2. The summed E-state index contributed by atoms with van der Waals surface area (Å²) in [5.41, 5.74) is 1.91. The molecule has 0 fully saturated rings. The third-order valence-electron chi connectivity index (χ3n) is 4.06. The highest BCUT2D eigenvalue weighted by atomic mass is 35.5. The van der Waals surface area contributed by atoms with Crippen molar-refractivity contribution in [1.82, 2.24) is 15.1 Å². The molecule has 2 N–H and O–H groups in total. The van der Waals surface area contributed by atoms with Gasteiger partial charge in [-0.3, -0.25) is 0 Å². The van der Waals surface area contributed by atoms with Gasteiger partial charge in [-0.25, -0.2) is 9.97 Å². The second kappa shape index (κ2) is 8.10. The molecule has 0 saturated carbocycles. The van der Waals surface area contributed by atoms with E-state index in [1.54, 1.807) is 6.07 Å². The summed E-state index contributed by atoms with van der Waals surface area (Å²) < 4.78 is 5.11. The highest BCUT2D eigenvalue weighted by Crippen LogP contribution is 2.23. The number of aryl methyl sites for hydroxylation is 1. The molecule has 2 aromatic heterocycles. The molecule has 0 radical (unpaired) electrons. The third-order valence-corrected chi connectivity index (χ3v) is 4.43. The lowest BCUT2D eigenvalue weighted by Gasteiger charge is -2.11. The van der Waals surface area contributed by atoms with Crippen LogP contribution < -0.4 is 10.6 Å². The van der Waals surface area contributed by atoms with E-state index >= 15 is 0 Å². The minimum Gasteiger partial charge on any atom is -0.366 e. The molecule has 0 aliphatic carbocycles. The first kappa shape index (κ1) is 18.0. The largest absolute Gasteiger partial charge is 0.366 e. The monoisotopic (exact) mass is 391 g/mol. The van der Waals surface area contributed by atoms with Crippen LogP contribution >= 0.6 is 11.6 Å². The molecule has 7 heteroatoms. The van der Waals surface area contributed by atoms with Gasteiger partial charge in [-0.2, -0.15) is 0 Å². The van der Waals surface area contributed by atoms with E-state index in [0.29, 0.717) is 34.8 Å². The second-order valence-corrected chi connectivity index (χ2v) is 6.63. The van der Waals surface area contributed by atoms with Gasteiger partial charge in [0.1, 0.15) is 17.4 Å². The van der Waals surface area contributed by atoms with Crippen molar-refractivity contribution in [2.24, 2.45) is 0 Å². The van der Waals surface area contributed by atoms with Gasteiger partial charge >= 0.3 is 0 Å². The lowest BCUT2D eigenvalue weighted by molar-refractivity contribution is 0.400. The fourth-order valence-corrected chi connectivity index (χ4v) is 2.90. The minimum atomic E-state index is 0.549. The number of benzene rings is 2. The van der Waals surface area contributed by atoms with Crippen molar-refractivity contribution in [3.8, 4) is 11.4 Å². The standard InChI is InChI=1S/C21H18ClN5O/c1-14-11-20(27-28-14)24-19-12-18(23-13-16-9-5-6-10-17(16)22)25-21(26-19)15-7-3-2-4-8-15/h2-12H,13H2,1H3,(H2,23,24,25,26,27). The van der Waals surface area contributed by atoms with Gasteiger partial charge in [-0.15, -0.1) is 0 Å². The predicted molar refractivity (Wildman–Crippen MR) is 111 cm³/mol. The molecule has 140 valence electrons. The molecule has 6 nitrogen and oxygen atoms in total. The van der Waals surface area contributed by atoms with Gasteiger partial charge in [0.15, 0.2) is 11.6 Å². The zero-order valence-electron chi connectivity index (χ0n) is 15.2. The third kappa shape index (κ3) is 4.29. The zero-order chi connectivity index (χ0) is 19.3. The molecular weight excluding hydrogens is 374 g/mol. The maximum absolute atomic E-state index is 6.25. The highest BCUT2D eigenvalue weighted by molar-refractivity contribution is 6.31. The SMILES string of the molecule is Cc1cc(Nc2cc(NCc3ccccc3Cl)nc(-c3ccccc3)n2)no1. The van der Waals surface area contributed by atoms with E-state index < -0.39 is 0 Å². The van der Waals surface area contributed by atoms with E-state index in [9.17, 15) is 0 Å². The highest BCUT2D eigenvalue weighted by Gasteiger charge is 2.09. The van der Waals surface area contributed by atoms with Gasteiger partial charge in [-0.1, -0.05) is 65.3 Å². The smallest absolute Gasteiger partial charge is 0.175 e. The number of hydrogen-bond donors (Lipinski definition) is 2. The molecule has 2 aromatic carbocycles. The van der Waals surface area contributed by atoms with Crippen molar-refractivity contribution in [2.45, 2.75) is 13.5 Å². The van der Waals surface area contributed by atoms with Gasteiger partial charge in [0.25, 0.3) is 0 Å². The van der Waals surface area contributed by atoms with Crippen LogP contribution in [0, 0.1) is 6.92 Å². The van der Waals surface area contributed by atoms with E-state index in [1.807, 2.05) is 67.6 Å². The van der Waals surface area contributed by atoms with Gasteiger partial charge < -0.3 is 15.2 Å². The summed E-state index contributed by atoms with van der Waals surface area (Å²) in [6.07, 6.45) is 0. The molecule has 0 aliphatic heterocycles. The first-order chi connectivity index (χ1) is 13.7. The van der Waals surface area contributed by atoms with E-state index in [2.05, 4.69) is 25.8 Å². The molecule has 28 heavy (non-hydrogen) atoms. The summed E-state index contributed by atoms with van der Waals surface area (Å²) in [7, 11) is 0. The maximum Gasteiger partial charge on any atom is 0.175 e. The molecule has 4 rings (SSSR count). The second-order valence-electron chi connectivity index (χ2n) is 6.22. The van der Waals surface area contributed by atoms with Crippen LogP contribution in [0.15, 0.2) is 71.3 Å². The Kier molecular flexibility index (Phi) is 5.21. The van der Waals surface area contributed by atoms with Gasteiger partial charge in [0, 0.05) is 29.3 Å². The van der Waals surface area contributed by atoms with E-state index in [4.69, 9.17) is 16.1 Å². The van der Waals surface area contributed by atoms with Gasteiger partial charge in [0.05, 0.1) is 0 Å². The Morgan fingerprint density at radius 2 is 1.64 bits per heavy atom. The molecule has 0 unspecified atom stereocenters. The quantitative estimate of drug-likeness (QED) is 0.455. The Bertz CT molecular complexity index is 1080. The summed E-state index contributed by atoms with van der Waals surface area (Å²) in [6.45, 7) is 2.39. The van der Waals surface area contributed by atoms with Crippen molar-refractivity contribution in [3.63, 3.8) is 0 Å². The van der Waals surface area contributed by atoms with Crippen LogP contribution in [0.3, 0.4) is 0 Å². The number of hydrogen-bond acceptors (Lipinski definition) is 6. The van der Waals surface area contributed by atoms with Crippen LogP contribution in [0.4, 0.5) is 17.5 Å². The van der Waals surface area contributed by atoms with Crippen LogP contribution in [0.25, 0.3) is 11.4 Å². The molecular formula is C21H18ClN5O. The van der Waals surface area contributed by atoms with E-state index in [0.717, 1.165) is 16.9 Å². The summed E-state index contributed by atoms with van der Waals surface area (Å²) in [6, 6.07) is 21.2. The number of rotatable bonds is 6. The maximum atomic E-state index is 6.25. The number of halogens is 1. The molecule has 2 heterocycles. The molecule has 0 saturated heterocycles. The number of aromatic nitrogens is 3. The average Bonchev–Trinajstić information content (AvgIpc) is 3.12. The van der Waals surface area contributed by atoms with Gasteiger partial charge in [0.2, 0.25) is 0 Å². The summed E-state index contributed by atoms with van der Waals surface area (Å²) >= 11 is 6.25. The normalized spacial score (nSPS) is 10.6. The fraction of sp³-hybridized carbons (Fsp3) is 0.0952. The molecule has 0 spiro atoms. The van der Waals surface area contributed by atoms with Crippen LogP contribution in [0.1, 0.15) is 11.3 Å². The molecule has 0 aliphatic rings. The van der Waals surface area contributed by atoms with Crippen molar-refractivity contribution in [2.75, 3.05) is 10.6 Å². The van der Waals surface area contributed by atoms with Crippen LogP contribution in [0.5, 0.6) is 0 Å². The van der Waals surface area contributed by atoms with Crippen molar-refractivity contribution in [3.05, 3.63) is 83.1 Å². The lowest BCUT2D eigenvalue weighted by Crippen LogP contribution is -2.05. The summed E-state index contributed by atoms with van der Waals surface area (Å²) in [5.74, 6) is 3.21. The van der Waals surface area contributed by atoms with Crippen LogP contribution in [-0.2, 0) is 6.54 Å². The van der Waals surface area contributed by atoms with Crippen molar-refractivity contribution >= 4 is 29.1 Å². The lowest BCUT2D eigenvalue weighted by atomic mass is 10.2. The first-order valence-corrected chi connectivity index (χ1v) is 9.17. The fourth-order valence-electron chi connectivity index (χ4n) is 2.70. The Labute approximate surface area is 167 Å². The molecule has 0 bridgehead atoms. The Morgan fingerprint density at radius 1 is 0.893 bits per heavy atom. The molecule has 4 aromatic rings. The number of nitrogens with zero attached hydrogens (tertiary/aromatic N) is 3. The van der Waals surface area contributed by atoms with E-state index in [1.165, 1.54) is 0 Å². The average molecular weight is 392 g/mol. The van der Waals surface area contributed by atoms with Gasteiger partial charge in [-0.05, 0) is 18.6 Å². The minimum absolute atomic E-state index is 0.549. The first-order valence-electron chi connectivity index (χ1n) is 8.79. The number of anilines is 3. The Balaban J connectivity index is 1.64. The topological polar surface area (TPSA) is 75.9 Å². The van der Waals surface area contributed by atoms with Crippen molar-refractivity contribution < 1.29 is 4.52 Å². The van der Waals surface area contributed by atoms with E-state index in [-0.39, 0.29) is 0 Å². The van der Waals surface area contributed by atoms with Crippen LogP contribution in [0.2, 0.25) is 5.02 Å². The van der Waals surface area contributed by atoms with Crippen LogP contribution in [-0.4, -0.2) is 15.1 Å².